The van der Waals surface area contributed by atoms with E-state index in [1.807, 2.05) is 50.2 Å². The number of aromatic nitrogens is 1. The average molecular weight is 215 g/mol. The summed E-state index contributed by atoms with van der Waals surface area (Å²) >= 11 is 0. The Kier molecular flexibility index (Phi) is 5.06. The number of pyridine rings is 1. The lowest BCUT2D eigenvalue weighted by molar-refractivity contribution is 0.759. The zero-order valence-electron chi connectivity index (χ0n) is 9.76. The van der Waals surface area contributed by atoms with Crippen LogP contribution in [0.15, 0.2) is 59.5 Å². The second-order valence-corrected chi connectivity index (χ2v) is 3.15. The molecule has 2 rings (SSSR count). The molecule has 1 aromatic carbocycles. The molecule has 0 fully saturated rings. The molecule has 2 nitrogen and oxygen atoms in total. The van der Waals surface area contributed by atoms with Gasteiger partial charge in [0.05, 0.1) is 6.54 Å². The van der Waals surface area contributed by atoms with Crippen LogP contribution >= 0.6 is 0 Å². The second-order valence-electron chi connectivity index (χ2n) is 3.15. The fourth-order valence-electron chi connectivity index (χ4n) is 1.37. The van der Waals surface area contributed by atoms with E-state index in [9.17, 15) is 4.79 Å². The predicted molar refractivity (Wildman–Crippen MR) is 67.6 cm³/mol. The Labute approximate surface area is 96.2 Å². The summed E-state index contributed by atoms with van der Waals surface area (Å²) in [6, 6.07) is 15.1. The van der Waals surface area contributed by atoms with E-state index >= 15 is 0 Å². The maximum atomic E-state index is 11.4. The molecule has 0 aliphatic heterocycles. The van der Waals surface area contributed by atoms with Crippen LogP contribution in [0.3, 0.4) is 0 Å². The summed E-state index contributed by atoms with van der Waals surface area (Å²) in [5.41, 5.74) is 1.18. The van der Waals surface area contributed by atoms with Gasteiger partial charge in [-0.25, -0.2) is 0 Å². The highest BCUT2D eigenvalue weighted by Crippen LogP contribution is 1.99. The highest BCUT2D eigenvalue weighted by atomic mass is 16.1. The largest absolute Gasteiger partial charge is 0.311 e. The molecule has 0 radical (unpaired) electrons. The molecule has 0 saturated heterocycles. The molecule has 0 unspecified atom stereocenters. The van der Waals surface area contributed by atoms with E-state index in [4.69, 9.17) is 0 Å². The average Bonchev–Trinajstić information content (AvgIpc) is 2.36. The molecule has 0 spiro atoms. The first kappa shape index (κ1) is 12.2. The van der Waals surface area contributed by atoms with E-state index in [0.717, 1.165) is 5.56 Å². The van der Waals surface area contributed by atoms with Crippen LogP contribution in [0.5, 0.6) is 0 Å². The SMILES string of the molecule is CC.O=c1ccccn1Cc1ccccc1. The van der Waals surface area contributed by atoms with E-state index in [-0.39, 0.29) is 5.56 Å². The highest BCUT2D eigenvalue weighted by Gasteiger charge is 1.94. The third-order valence-corrected chi connectivity index (χ3v) is 2.09. The molecule has 0 aliphatic rings. The quantitative estimate of drug-likeness (QED) is 0.755. The molecule has 0 N–H and O–H groups in total. The van der Waals surface area contributed by atoms with Crippen molar-refractivity contribution in [1.29, 1.82) is 0 Å². The van der Waals surface area contributed by atoms with Crippen LogP contribution < -0.4 is 5.56 Å². The maximum absolute atomic E-state index is 11.4. The fourth-order valence-corrected chi connectivity index (χ4v) is 1.37. The van der Waals surface area contributed by atoms with Crippen LogP contribution in [0, 0.1) is 0 Å². The van der Waals surface area contributed by atoms with Crippen molar-refractivity contribution in [2.45, 2.75) is 20.4 Å². The lowest BCUT2D eigenvalue weighted by atomic mass is 10.2. The van der Waals surface area contributed by atoms with Gasteiger partial charge in [-0.2, -0.15) is 0 Å². The van der Waals surface area contributed by atoms with Gasteiger partial charge in [0.2, 0.25) is 0 Å². The monoisotopic (exact) mass is 215 g/mol. The molecule has 0 saturated carbocycles. The first-order valence-electron chi connectivity index (χ1n) is 5.56. The van der Waals surface area contributed by atoms with E-state index in [0.29, 0.717) is 6.54 Å². The molecule has 0 atom stereocenters. The van der Waals surface area contributed by atoms with E-state index in [1.54, 1.807) is 22.9 Å². The van der Waals surface area contributed by atoms with Gasteiger partial charge in [0.15, 0.2) is 0 Å². The highest BCUT2D eigenvalue weighted by molar-refractivity contribution is 5.15. The van der Waals surface area contributed by atoms with Gasteiger partial charge in [0.25, 0.3) is 5.56 Å². The van der Waals surface area contributed by atoms with Crippen molar-refractivity contribution in [1.82, 2.24) is 4.57 Å². The zero-order valence-corrected chi connectivity index (χ0v) is 9.76. The lowest BCUT2D eigenvalue weighted by Gasteiger charge is -2.03. The molecule has 1 heterocycles. The van der Waals surface area contributed by atoms with Gasteiger partial charge in [-0.1, -0.05) is 50.2 Å². The topological polar surface area (TPSA) is 22.0 Å². The van der Waals surface area contributed by atoms with Crippen molar-refractivity contribution < 1.29 is 0 Å². The normalized spacial score (nSPS) is 9.12. The zero-order chi connectivity index (χ0) is 11.8. The van der Waals surface area contributed by atoms with Gasteiger partial charge in [-0.05, 0) is 11.6 Å². The summed E-state index contributed by atoms with van der Waals surface area (Å²) in [5, 5.41) is 0. The molecule has 0 aliphatic carbocycles. The molecule has 0 amide bonds. The summed E-state index contributed by atoms with van der Waals surface area (Å²) in [6.07, 6.45) is 1.80. The Bertz CT molecular complexity index is 459. The molecule has 1 aromatic heterocycles. The van der Waals surface area contributed by atoms with Crippen molar-refractivity contribution in [2.75, 3.05) is 0 Å². The minimum Gasteiger partial charge on any atom is -0.311 e. The van der Waals surface area contributed by atoms with Gasteiger partial charge < -0.3 is 4.57 Å². The molecule has 16 heavy (non-hydrogen) atoms. The molecular weight excluding hydrogens is 198 g/mol. The van der Waals surface area contributed by atoms with Crippen molar-refractivity contribution in [2.24, 2.45) is 0 Å². The van der Waals surface area contributed by atoms with Crippen LogP contribution in [-0.2, 0) is 6.54 Å². The number of hydrogen-bond acceptors (Lipinski definition) is 1. The van der Waals surface area contributed by atoms with Crippen LogP contribution in [0.1, 0.15) is 19.4 Å². The third kappa shape index (κ3) is 3.39. The molecule has 2 aromatic rings. The maximum Gasteiger partial charge on any atom is 0.250 e. The number of benzene rings is 1. The summed E-state index contributed by atoms with van der Waals surface area (Å²) < 4.78 is 1.69. The molecular formula is C14H17NO. The van der Waals surface area contributed by atoms with Gasteiger partial charge in [-0.15, -0.1) is 0 Å². The Morgan fingerprint density at radius 2 is 1.56 bits per heavy atom. The van der Waals surface area contributed by atoms with Gasteiger partial charge >= 0.3 is 0 Å². The number of hydrogen-bond donors (Lipinski definition) is 0. The Morgan fingerprint density at radius 3 is 2.19 bits per heavy atom. The molecule has 0 bridgehead atoms. The minimum absolute atomic E-state index is 0.0383. The summed E-state index contributed by atoms with van der Waals surface area (Å²) in [4.78, 5) is 11.4. The smallest absolute Gasteiger partial charge is 0.250 e. The molecule has 2 heteroatoms. The van der Waals surface area contributed by atoms with E-state index in [2.05, 4.69) is 0 Å². The van der Waals surface area contributed by atoms with Crippen molar-refractivity contribution in [3.8, 4) is 0 Å². The molecule has 84 valence electrons. The van der Waals surface area contributed by atoms with Gasteiger partial charge in [0, 0.05) is 12.3 Å². The first-order chi connectivity index (χ1) is 7.86. The fraction of sp³-hybridized carbons (Fsp3) is 0.214. The summed E-state index contributed by atoms with van der Waals surface area (Å²) in [7, 11) is 0. The predicted octanol–water partition coefficient (Wildman–Crippen LogP) is 2.92. The van der Waals surface area contributed by atoms with Crippen LogP contribution in [-0.4, -0.2) is 4.57 Å². The second kappa shape index (κ2) is 6.62. The van der Waals surface area contributed by atoms with Crippen LogP contribution in [0.2, 0.25) is 0 Å². The Morgan fingerprint density at radius 1 is 0.938 bits per heavy atom. The standard InChI is InChI=1S/C12H11NO.C2H6/c14-12-8-4-5-9-13(12)10-11-6-2-1-3-7-11;1-2/h1-9H,10H2;1-2H3. The van der Waals surface area contributed by atoms with Crippen LogP contribution in [0.25, 0.3) is 0 Å². The van der Waals surface area contributed by atoms with E-state index in [1.165, 1.54) is 0 Å². The van der Waals surface area contributed by atoms with Crippen LogP contribution in [0.4, 0.5) is 0 Å². The minimum atomic E-state index is 0.0383. The van der Waals surface area contributed by atoms with Crippen molar-refractivity contribution in [3.05, 3.63) is 70.6 Å². The van der Waals surface area contributed by atoms with Crippen molar-refractivity contribution in [3.63, 3.8) is 0 Å². The van der Waals surface area contributed by atoms with Gasteiger partial charge in [0.1, 0.15) is 0 Å². The lowest BCUT2D eigenvalue weighted by Crippen LogP contribution is -2.18. The summed E-state index contributed by atoms with van der Waals surface area (Å²) in [6.45, 7) is 4.64. The van der Waals surface area contributed by atoms with Gasteiger partial charge in [-0.3, -0.25) is 4.79 Å². The Hall–Kier alpha value is -1.83. The van der Waals surface area contributed by atoms with E-state index < -0.39 is 0 Å². The summed E-state index contributed by atoms with van der Waals surface area (Å²) in [5.74, 6) is 0. The Balaban J connectivity index is 0.000000606. The third-order valence-electron chi connectivity index (χ3n) is 2.09. The first-order valence-corrected chi connectivity index (χ1v) is 5.56. The number of rotatable bonds is 2. The van der Waals surface area contributed by atoms with Crippen molar-refractivity contribution >= 4 is 0 Å². The number of nitrogens with zero attached hydrogens (tertiary/aromatic N) is 1.